The Balaban J connectivity index is 1.82. The summed E-state index contributed by atoms with van der Waals surface area (Å²) >= 11 is 0. The fourth-order valence-electron chi connectivity index (χ4n) is 2.97. The van der Waals surface area contributed by atoms with Gasteiger partial charge < -0.3 is 19.7 Å². The van der Waals surface area contributed by atoms with Gasteiger partial charge in [-0.2, -0.15) is 0 Å². The highest BCUT2D eigenvalue weighted by atomic mass is 19.1. The van der Waals surface area contributed by atoms with Crippen molar-refractivity contribution in [2.75, 3.05) is 13.2 Å². The molecule has 0 unspecified atom stereocenters. The van der Waals surface area contributed by atoms with E-state index in [-0.39, 0.29) is 22.7 Å². The summed E-state index contributed by atoms with van der Waals surface area (Å²) in [7, 11) is 0. The number of benzene rings is 2. The van der Waals surface area contributed by atoms with Crippen molar-refractivity contribution in [2.24, 2.45) is 5.41 Å². The molecule has 0 aliphatic carbocycles. The summed E-state index contributed by atoms with van der Waals surface area (Å²) in [6.07, 6.45) is 1.62. The Labute approximate surface area is 181 Å². The number of carboxylic acid groups (broad SMARTS) is 1. The Bertz CT molecular complexity index is 946. The van der Waals surface area contributed by atoms with Crippen molar-refractivity contribution in [1.29, 1.82) is 0 Å². The van der Waals surface area contributed by atoms with Crippen LogP contribution in [0.25, 0.3) is 0 Å². The highest BCUT2D eigenvalue weighted by molar-refractivity contribution is 5.99. The summed E-state index contributed by atoms with van der Waals surface area (Å²) in [6, 6.07) is 6.87. The third kappa shape index (κ3) is 6.98. The van der Waals surface area contributed by atoms with Gasteiger partial charge in [-0.1, -0.05) is 20.8 Å². The number of carbonyl (C=O) groups is 2. The smallest absolute Gasteiger partial charge is 0.338 e. The lowest BCUT2D eigenvalue weighted by molar-refractivity contribution is 0.0691. The second-order valence-electron chi connectivity index (χ2n) is 8.60. The molecule has 0 atom stereocenters. The van der Waals surface area contributed by atoms with Crippen LogP contribution < -0.4 is 9.47 Å². The first-order chi connectivity index (χ1) is 14.5. The van der Waals surface area contributed by atoms with Crippen LogP contribution in [0.5, 0.6) is 17.2 Å². The number of Topliss-reactive ketones (excluding diaryl/α,β-unsaturated/α-hetero) is 1. The number of phenols is 1. The molecular formula is C24H29FO6. The number of hydrogen-bond donors (Lipinski definition) is 2. The Morgan fingerprint density at radius 2 is 1.65 bits per heavy atom. The van der Waals surface area contributed by atoms with Gasteiger partial charge in [0.1, 0.15) is 23.1 Å². The van der Waals surface area contributed by atoms with Crippen molar-refractivity contribution in [1.82, 2.24) is 0 Å². The molecule has 0 spiro atoms. The average molecular weight is 432 g/mol. The summed E-state index contributed by atoms with van der Waals surface area (Å²) in [6.45, 7) is 8.31. The maximum atomic E-state index is 13.4. The third-order valence-corrected chi connectivity index (χ3v) is 4.61. The fraction of sp³-hybridized carbons (Fsp3) is 0.417. The second kappa shape index (κ2) is 10.3. The number of aromatic carboxylic acids is 1. The zero-order valence-electron chi connectivity index (χ0n) is 18.3. The van der Waals surface area contributed by atoms with E-state index in [1.165, 1.54) is 6.07 Å². The molecular weight excluding hydrogens is 403 g/mol. The molecule has 0 saturated carbocycles. The lowest BCUT2D eigenvalue weighted by Crippen LogP contribution is -2.13. The Kier molecular flexibility index (Phi) is 8.02. The molecule has 2 N–H and O–H groups in total. The number of ether oxygens (including phenoxy) is 2. The van der Waals surface area contributed by atoms with Gasteiger partial charge in [0, 0.05) is 12.0 Å². The van der Waals surface area contributed by atoms with E-state index in [2.05, 4.69) is 0 Å². The molecule has 0 fully saturated rings. The van der Waals surface area contributed by atoms with Gasteiger partial charge in [-0.3, -0.25) is 4.79 Å². The fourth-order valence-corrected chi connectivity index (χ4v) is 2.97. The largest absolute Gasteiger partial charge is 0.507 e. The van der Waals surface area contributed by atoms with Gasteiger partial charge in [0.2, 0.25) is 0 Å². The van der Waals surface area contributed by atoms with Gasteiger partial charge in [-0.25, -0.2) is 9.18 Å². The van der Waals surface area contributed by atoms with E-state index in [0.29, 0.717) is 49.4 Å². The molecule has 0 bridgehead atoms. The van der Waals surface area contributed by atoms with Gasteiger partial charge in [0.25, 0.3) is 0 Å². The summed E-state index contributed by atoms with van der Waals surface area (Å²) in [5, 5.41) is 19.3. The van der Waals surface area contributed by atoms with Crippen molar-refractivity contribution in [2.45, 2.75) is 47.0 Å². The van der Waals surface area contributed by atoms with E-state index in [9.17, 15) is 19.1 Å². The molecule has 0 aromatic heterocycles. The van der Waals surface area contributed by atoms with Gasteiger partial charge in [-0.05, 0) is 55.5 Å². The van der Waals surface area contributed by atoms with Gasteiger partial charge in [0.05, 0.1) is 24.3 Å². The summed E-state index contributed by atoms with van der Waals surface area (Å²) in [4.78, 5) is 23.3. The molecule has 2 rings (SSSR count). The molecule has 31 heavy (non-hydrogen) atoms. The number of ketones is 1. The highest BCUT2D eigenvalue weighted by Gasteiger charge is 2.21. The zero-order chi connectivity index (χ0) is 23.2. The minimum Gasteiger partial charge on any atom is -0.507 e. The van der Waals surface area contributed by atoms with E-state index in [0.717, 1.165) is 12.1 Å². The molecule has 0 radical (unpaired) electrons. The first kappa shape index (κ1) is 24.2. The van der Waals surface area contributed by atoms with E-state index in [1.807, 2.05) is 20.8 Å². The monoisotopic (exact) mass is 432 g/mol. The maximum absolute atomic E-state index is 13.4. The highest BCUT2D eigenvalue weighted by Crippen LogP contribution is 2.33. The van der Waals surface area contributed by atoms with E-state index in [1.54, 1.807) is 19.1 Å². The Hall–Kier alpha value is -3.09. The lowest BCUT2D eigenvalue weighted by atomic mass is 9.87. The molecule has 0 aliphatic rings. The minimum absolute atomic E-state index is 0.0550. The molecule has 168 valence electrons. The van der Waals surface area contributed by atoms with E-state index in [4.69, 9.17) is 14.6 Å². The molecule has 2 aromatic carbocycles. The summed E-state index contributed by atoms with van der Waals surface area (Å²) in [5.41, 5.74) is 0.217. The van der Waals surface area contributed by atoms with Crippen molar-refractivity contribution in [3.8, 4) is 17.2 Å². The van der Waals surface area contributed by atoms with E-state index < -0.39 is 17.3 Å². The van der Waals surface area contributed by atoms with Gasteiger partial charge in [-0.15, -0.1) is 0 Å². The SMILES string of the molecule is Cc1c(OCCCCOc2ccc(F)c(C(=O)O)c2)ccc(C(=O)CC(C)(C)C)c1O. The van der Waals surface area contributed by atoms with Crippen LogP contribution in [0.2, 0.25) is 0 Å². The van der Waals surface area contributed by atoms with E-state index >= 15 is 0 Å². The van der Waals surface area contributed by atoms with Crippen molar-refractivity contribution in [3.63, 3.8) is 0 Å². The average Bonchev–Trinajstić information content (AvgIpc) is 2.67. The topological polar surface area (TPSA) is 93.1 Å². The normalized spacial score (nSPS) is 11.3. The standard InChI is InChI=1S/C24H29FO6/c1-15-21(10-8-17(22(15)27)20(26)14-24(2,3)4)31-12-6-5-11-30-16-7-9-19(25)18(13-16)23(28)29/h7-10,13,27H,5-6,11-12,14H2,1-4H3,(H,28,29). The maximum Gasteiger partial charge on any atom is 0.338 e. The number of hydrogen-bond acceptors (Lipinski definition) is 5. The number of phenolic OH excluding ortho intramolecular Hbond substituents is 1. The number of carbonyl (C=O) groups excluding carboxylic acids is 1. The lowest BCUT2D eigenvalue weighted by Gasteiger charge is -2.18. The summed E-state index contributed by atoms with van der Waals surface area (Å²) in [5.74, 6) is -1.52. The van der Waals surface area contributed by atoms with Crippen LogP contribution in [-0.4, -0.2) is 35.2 Å². The van der Waals surface area contributed by atoms with Crippen molar-refractivity contribution >= 4 is 11.8 Å². The number of carboxylic acids is 1. The molecule has 0 amide bonds. The van der Waals surface area contributed by atoms with Crippen LogP contribution in [0.15, 0.2) is 30.3 Å². The first-order valence-electron chi connectivity index (χ1n) is 10.1. The van der Waals surface area contributed by atoms with Crippen LogP contribution in [0.1, 0.15) is 66.3 Å². The molecule has 7 heteroatoms. The predicted molar refractivity (Wildman–Crippen MR) is 115 cm³/mol. The summed E-state index contributed by atoms with van der Waals surface area (Å²) < 4.78 is 24.6. The number of halogens is 1. The Morgan fingerprint density at radius 3 is 2.26 bits per heavy atom. The number of rotatable bonds is 10. The first-order valence-corrected chi connectivity index (χ1v) is 10.1. The second-order valence-corrected chi connectivity index (χ2v) is 8.60. The van der Waals surface area contributed by atoms with Crippen LogP contribution in [0.3, 0.4) is 0 Å². The van der Waals surface area contributed by atoms with Crippen LogP contribution in [-0.2, 0) is 0 Å². The Morgan fingerprint density at radius 1 is 1.00 bits per heavy atom. The molecule has 0 heterocycles. The van der Waals surface area contributed by atoms with Gasteiger partial charge in [0.15, 0.2) is 5.78 Å². The molecule has 2 aromatic rings. The predicted octanol–water partition coefficient (Wildman–Crippen LogP) is 5.39. The molecule has 0 saturated heterocycles. The van der Waals surface area contributed by atoms with Crippen LogP contribution >= 0.6 is 0 Å². The van der Waals surface area contributed by atoms with Crippen molar-refractivity contribution in [3.05, 3.63) is 52.8 Å². The van der Waals surface area contributed by atoms with Crippen molar-refractivity contribution < 1.29 is 33.7 Å². The quantitative estimate of drug-likeness (QED) is 0.386. The minimum atomic E-state index is -1.35. The third-order valence-electron chi connectivity index (χ3n) is 4.61. The molecule has 0 aliphatic heterocycles. The van der Waals surface area contributed by atoms with Crippen LogP contribution in [0, 0.1) is 18.2 Å². The van der Waals surface area contributed by atoms with Crippen LogP contribution in [0.4, 0.5) is 4.39 Å². The molecule has 6 nitrogen and oxygen atoms in total. The number of aromatic hydroxyl groups is 1. The van der Waals surface area contributed by atoms with Gasteiger partial charge >= 0.3 is 5.97 Å². The number of unbranched alkanes of at least 4 members (excludes halogenated alkanes) is 1. The zero-order valence-corrected chi connectivity index (χ0v) is 18.3.